The topological polar surface area (TPSA) is 29.5 Å². The van der Waals surface area contributed by atoms with Gasteiger partial charge in [0.15, 0.2) is 0 Å². The summed E-state index contributed by atoms with van der Waals surface area (Å²) in [6, 6.07) is 20.3. The van der Waals surface area contributed by atoms with Gasteiger partial charge < -0.3 is 9.64 Å². The summed E-state index contributed by atoms with van der Waals surface area (Å²) in [4.78, 5) is 14.4. The monoisotopic (exact) mass is 311 g/mol. The van der Waals surface area contributed by atoms with Gasteiger partial charge in [-0.05, 0) is 32.1 Å². The van der Waals surface area contributed by atoms with Gasteiger partial charge >= 0.3 is 5.97 Å². The second-order valence-corrected chi connectivity index (χ2v) is 6.14. The van der Waals surface area contributed by atoms with E-state index in [0.29, 0.717) is 6.42 Å². The first-order valence-electron chi connectivity index (χ1n) is 8.00. The Kier molecular flexibility index (Phi) is 6.36. The van der Waals surface area contributed by atoms with E-state index < -0.39 is 0 Å². The molecule has 0 heterocycles. The van der Waals surface area contributed by atoms with E-state index in [-0.39, 0.29) is 18.0 Å². The highest BCUT2D eigenvalue weighted by Gasteiger charge is 2.20. The normalized spacial score (nSPS) is 12.4. The maximum absolute atomic E-state index is 12.4. The molecule has 3 heteroatoms. The molecule has 0 fully saturated rings. The number of hydrogen-bond acceptors (Lipinski definition) is 3. The molecule has 0 aliphatic carbocycles. The number of benzene rings is 2. The minimum atomic E-state index is -0.156. The zero-order valence-corrected chi connectivity index (χ0v) is 14.1. The number of carbonyl (C=O) groups excluding carboxylic acids is 1. The summed E-state index contributed by atoms with van der Waals surface area (Å²) in [7, 11) is 3.95. The summed E-state index contributed by atoms with van der Waals surface area (Å²) < 4.78 is 5.55. The van der Waals surface area contributed by atoms with Crippen molar-refractivity contribution in [1.82, 2.24) is 4.90 Å². The van der Waals surface area contributed by atoms with Crippen LogP contribution in [0.5, 0.6) is 0 Å². The third kappa shape index (κ3) is 5.53. The summed E-state index contributed by atoms with van der Waals surface area (Å²) in [5.74, 6) is -0.131. The van der Waals surface area contributed by atoms with Gasteiger partial charge in [0.25, 0.3) is 0 Å². The maximum Gasteiger partial charge on any atom is 0.307 e. The van der Waals surface area contributed by atoms with E-state index in [2.05, 4.69) is 24.3 Å². The molecule has 0 unspecified atom stereocenters. The average molecular weight is 311 g/mol. The molecule has 0 saturated heterocycles. The van der Waals surface area contributed by atoms with Crippen LogP contribution in [0, 0.1) is 0 Å². The average Bonchev–Trinajstić information content (AvgIpc) is 2.53. The van der Waals surface area contributed by atoms with Gasteiger partial charge in [0.2, 0.25) is 0 Å². The van der Waals surface area contributed by atoms with Gasteiger partial charge in [-0.25, -0.2) is 0 Å². The number of nitrogens with zero attached hydrogens (tertiary/aromatic N) is 1. The summed E-state index contributed by atoms with van der Waals surface area (Å²) in [6.07, 6.45) is 0.246. The minimum absolute atomic E-state index is 0.0245. The van der Waals surface area contributed by atoms with E-state index in [1.54, 1.807) is 0 Å². The van der Waals surface area contributed by atoms with Crippen LogP contribution in [-0.4, -0.2) is 37.6 Å². The molecule has 2 rings (SSSR count). The third-order valence-corrected chi connectivity index (χ3v) is 3.73. The van der Waals surface area contributed by atoms with Crippen LogP contribution in [0.2, 0.25) is 0 Å². The van der Waals surface area contributed by atoms with Crippen LogP contribution in [-0.2, 0) is 9.53 Å². The molecule has 3 nitrogen and oxygen atoms in total. The molecule has 0 amide bonds. The van der Waals surface area contributed by atoms with Crippen molar-refractivity contribution >= 4 is 5.97 Å². The number of ether oxygens (including phenoxy) is 1. The fourth-order valence-corrected chi connectivity index (χ4v) is 2.79. The number of esters is 1. The second-order valence-electron chi connectivity index (χ2n) is 6.14. The molecule has 23 heavy (non-hydrogen) atoms. The molecule has 1 atom stereocenters. The molecule has 122 valence electrons. The summed E-state index contributed by atoms with van der Waals surface area (Å²) in [5.41, 5.74) is 2.27. The van der Waals surface area contributed by atoms with Crippen LogP contribution in [0.4, 0.5) is 0 Å². The molecule has 0 aliphatic heterocycles. The van der Waals surface area contributed by atoms with Gasteiger partial charge in [-0.1, -0.05) is 60.7 Å². The predicted molar refractivity (Wildman–Crippen MR) is 93.5 cm³/mol. The van der Waals surface area contributed by atoms with Crippen molar-refractivity contribution in [3.8, 4) is 0 Å². The minimum Gasteiger partial charge on any atom is -0.461 e. The van der Waals surface area contributed by atoms with Gasteiger partial charge in [0.05, 0.1) is 6.42 Å². The van der Waals surface area contributed by atoms with E-state index in [0.717, 1.165) is 17.7 Å². The zero-order chi connectivity index (χ0) is 16.7. The van der Waals surface area contributed by atoms with E-state index >= 15 is 0 Å². The Morgan fingerprint density at radius 1 is 0.957 bits per heavy atom. The number of hydrogen-bond donors (Lipinski definition) is 0. The molecule has 2 aromatic carbocycles. The quantitative estimate of drug-likeness (QED) is 0.730. The lowest BCUT2D eigenvalue weighted by Crippen LogP contribution is -2.28. The van der Waals surface area contributed by atoms with Crippen LogP contribution in [0.25, 0.3) is 0 Å². The molecule has 0 aliphatic rings. The van der Waals surface area contributed by atoms with Crippen LogP contribution < -0.4 is 0 Å². The Bertz CT molecular complexity index is 556. The van der Waals surface area contributed by atoms with Crippen LogP contribution in [0.1, 0.15) is 30.4 Å². The zero-order valence-electron chi connectivity index (χ0n) is 14.1. The predicted octanol–water partition coefficient (Wildman–Crippen LogP) is 3.70. The Labute approximate surface area is 138 Å². The molecule has 0 bridgehead atoms. The van der Waals surface area contributed by atoms with Crippen molar-refractivity contribution in [1.29, 1.82) is 0 Å². The lowest BCUT2D eigenvalue weighted by molar-refractivity contribution is -0.149. The largest absolute Gasteiger partial charge is 0.461 e. The summed E-state index contributed by atoms with van der Waals surface area (Å²) in [6.45, 7) is 2.66. The highest BCUT2D eigenvalue weighted by Crippen LogP contribution is 2.28. The highest BCUT2D eigenvalue weighted by atomic mass is 16.5. The standard InChI is InChI=1S/C20H25NO2/c1-16(15-21(2)3)23-20(22)14-19(17-10-6-4-7-11-17)18-12-8-5-9-13-18/h4-13,16,19H,14-15H2,1-3H3/t16-/m1/s1. The van der Waals surface area contributed by atoms with Crippen molar-refractivity contribution in [3.63, 3.8) is 0 Å². The summed E-state index contributed by atoms with van der Waals surface area (Å²) in [5, 5.41) is 0. The maximum atomic E-state index is 12.4. The van der Waals surface area contributed by atoms with Crippen LogP contribution in [0.3, 0.4) is 0 Å². The smallest absolute Gasteiger partial charge is 0.307 e. The van der Waals surface area contributed by atoms with E-state index in [1.807, 2.05) is 62.3 Å². The van der Waals surface area contributed by atoms with Crippen molar-refractivity contribution in [3.05, 3.63) is 71.8 Å². The van der Waals surface area contributed by atoms with Crippen LogP contribution >= 0.6 is 0 Å². The molecular weight excluding hydrogens is 286 g/mol. The molecule has 2 aromatic rings. The van der Waals surface area contributed by atoms with Gasteiger partial charge in [0, 0.05) is 12.5 Å². The fourth-order valence-electron chi connectivity index (χ4n) is 2.79. The van der Waals surface area contributed by atoms with Gasteiger partial charge in [-0.2, -0.15) is 0 Å². The molecular formula is C20H25NO2. The van der Waals surface area contributed by atoms with Gasteiger partial charge in [0.1, 0.15) is 6.10 Å². The third-order valence-electron chi connectivity index (χ3n) is 3.73. The molecule has 0 spiro atoms. The lowest BCUT2D eigenvalue weighted by atomic mass is 9.88. The van der Waals surface area contributed by atoms with E-state index in [4.69, 9.17) is 4.74 Å². The van der Waals surface area contributed by atoms with E-state index in [9.17, 15) is 4.79 Å². The fraction of sp³-hybridized carbons (Fsp3) is 0.350. The molecule has 0 saturated carbocycles. The van der Waals surface area contributed by atoms with Crippen molar-refractivity contribution in [2.45, 2.75) is 25.4 Å². The van der Waals surface area contributed by atoms with Crippen molar-refractivity contribution in [2.24, 2.45) is 0 Å². The Hall–Kier alpha value is -2.13. The number of rotatable bonds is 7. The van der Waals surface area contributed by atoms with Crippen molar-refractivity contribution in [2.75, 3.05) is 20.6 Å². The Balaban J connectivity index is 2.11. The first-order chi connectivity index (χ1) is 11.1. The number of likely N-dealkylation sites (N-methyl/N-ethyl adjacent to an activating group) is 1. The summed E-state index contributed by atoms with van der Waals surface area (Å²) >= 11 is 0. The van der Waals surface area contributed by atoms with E-state index in [1.165, 1.54) is 0 Å². The first-order valence-corrected chi connectivity index (χ1v) is 8.00. The highest BCUT2D eigenvalue weighted by molar-refractivity contribution is 5.71. The number of carbonyl (C=O) groups is 1. The second kappa shape index (κ2) is 8.49. The molecule has 0 aromatic heterocycles. The molecule has 0 N–H and O–H groups in total. The van der Waals surface area contributed by atoms with Crippen LogP contribution in [0.15, 0.2) is 60.7 Å². The SMILES string of the molecule is C[C@H](CN(C)C)OC(=O)CC(c1ccccc1)c1ccccc1. The van der Waals surface area contributed by atoms with Crippen molar-refractivity contribution < 1.29 is 9.53 Å². The lowest BCUT2D eigenvalue weighted by Gasteiger charge is -2.21. The van der Waals surface area contributed by atoms with Gasteiger partial charge in [-0.15, -0.1) is 0 Å². The Morgan fingerprint density at radius 3 is 1.87 bits per heavy atom. The first kappa shape index (κ1) is 17.2. The Morgan fingerprint density at radius 2 is 1.43 bits per heavy atom. The molecule has 0 radical (unpaired) electrons. The van der Waals surface area contributed by atoms with Gasteiger partial charge in [-0.3, -0.25) is 4.79 Å².